The van der Waals surface area contributed by atoms with E-state index in [1.807, 2.05) is 6.07 Å². The van der Waals surface area contributed by atoms with Gasteiger partial charge in [0.2, 0.25) is 0 Å². The van der Waals surface area contributed by atoms with Crippen molar-refractivity contribution in [1.82, 2.24) is 4.98 Å². The van der Waals surface area contributed by atoms with Gasteiger partial charge in [0.05, 0.1) is 16.3 Å². The van der Waals surface area contributed by atoms with E-state index >= 15 is 0 Å². The second-order valence-electron chi connectivity index (χ2n) is 6.14. The number of thioether (sulfide) groups is 1. The van der Waals surface area contributed by atoms with E-state index in [-0.39, 0.29) is 11.9 Å². The van der Waals surface area contributed by atoms with Gasteiger partial charge in [0.1, 0.15) is 5.82 Å². The molecule has 1 unspecified atom stereocenters. The van der Waals surface area contributed by atoms with Crippen LogP contribution in [0.4, 0.5) is 5.82 Å². The van der Waals surface area contributed by atoms with Crippen LogP contribution in [0, 0.1) is 11.3 Å². The summed E-state index contributed by atoms with van der Waals surface area (Å²) in [6, 6.07) is 4.21. The van der Waals surface area contributed by atoms with Crippen LogP contribution in [0.1, 0.15) is 52.6 Å². The maximum atomic E-state index is 11.7. The van der Waals surface area contributed by atoms with Crippen LogP contribution in [0.2, 0.25) is 0 Å². The third kappa shape index (κ3) is 3.70. The summed E-state index contributed by atoms with van der Waals surface area (Å²) in [4.78, 5) is 18.2. The van der Waals surface area contributed by atoms with Gasteiger partial charge in [-0.2, -0.15) is 5.26 Å². The number of nitriles is 1. The number of aliphatic hydroxyl groups is 1. The van der Waals surface area contributed by atoms with Crippen LogP contribution < -0.4 is 11.5 Å². The Bertz CT molecular complexity index is 914. The zero-order valence-corrected chi connectivity index (χ0v) is 15.8. The zero-order valence-electron chi connectivity index (χ0n) is 14.2. The Kier molecular flexibility index (Phi) is 5.81. The van der Waals surface area contributed by atoms with E-state index in [1.54, 1.807) is 11.8 Å². The second-order valence-corrected chi connectivity index (χ2v) is 8.52. The number of primary amides is 1. The van der Waals surface area contributed by atoms with Gasteiger partial charge in [-0.15, -0.1) is 23.1 Å². The molecule has 0 spiro atoms. The number of nitrogens with zero attached hydrogens (tertiary/aromatic N) is 2. The van der Waals surface area contributed by atoms with Crippen LogP contribution in [0.3, 0.4) is 0 Å². The molecule has 26 heavy (non-hydrogen) atoms. The van der Waals surface area contributed by atoms with Crippen molar-refractivity contribution in [2.45, 2.75) is 37.4 Å². The summed E-state index contributed by atoms with van der Waals surface area (Å²) in [6.07, 6.45) is 5.13. The van der Waals surface area contributed by atoms with Crippen molar-refractivity contribution in [3.05, 3.63) is 33.2 Å². The first kappa shape index (κ1) is 18.7. The Labute approximate surface area is 159 Å². The summed E-state index contributed by atoms with van der Waals surface area (Å²) in [5.74, 6) is -0.111. The number of amides is 1. The van der Waals surface area contributed by atoms with Crippen molar-refractivity contribution in [3.63, 3.8) is 0 Å². The first-order valence-electron chi connectivity index (χ1n) is 8.38. The molecule has 0 aliphatic carbocycles. The lowest BCUT2D eigenvalue weighted by atomic mass is 10.0. The minimum Gasteiger partial charge on any atom is -0.396 e. The molecule has 2 aromatic rings. The topological polar surface area (TPSA) is 126 Å². The molecule has 3 heterocycles. The monoisotopic (exact) mass is 388 g/mol. The second kappa shape index (κ2) is 8.08. The molecule has 2 aromatic heterocycles. The molecule has 0 saturated heterocycles. The smallest absolute Gasteiger partial charge is 0.251 e. The molecule has 0 saturated carbocycles. The average molecular weight is 389 g/mol. The van der Waals surface area contributed by atoms with Crippen molar-refractivity contribution in [2.24, 2.45) is 5.73 Å². The minimum absolute atomic E-state index is 0.160. The van der Waals surface area contributed by atoms with Crippen molar-refractivity contribution < 1.29 is 9.90 Å². The zero-order chi connectivity index (χ0) is 18.7. The lowest BCUT2D eigenvalue weighted by Gasteiger charge is -2.06. The van der Waals surface area contributed by atoms with Gasteiger partial charge in [-0.1, -0.05) is 5.57 Å². The molecule has 1 amide bonds. The highest BCUT2D eigenvalue weighted by Gasteiger charge is 2.28. The number of nitrogens with two attached hydrogens (primary N) is 2. The maximum Gasteiger partial charge on any atom is 0.251 e. The lowest BCUT2D eigenvalue weighted by molar-refractivity contribution is 0.100. The largest absolute Gasteiger partial charge is 0.396 e. The van der Waals surface area contributed by atoms with Crippen LogP contribution in [-0.2, 0) is 0 Å². The molecule has 0 bridgehead atoms. The fourth-order valence-electron chi connectivity index (χ4n) is 3.11. The number of aliphatic hydroxyl groups excluding tert-OH is 1. The molecule has 8 heteroatoms. The predicted octanol–water partition coefficient (Wildman–Crippen LogP) is 3.49. The molecule has 136 valence electrons. The van der Waals surface area contributed by atoms with E-state index in [1.165, 1.54) is 28.0 Å². The normalized spacial score (nSPS) is 17.0. The van der Waals surface area contributed by atoms with E-state index in [0.717, 1.165) is 40.6 Å². The van der Waals surface area contributed by atoms with E-state index < -0.39 is 5.91 Å². The van der Waals surface area contributed by atoms with Gasteiger partial charge in [0, 0.05) is 34.7 Å². The number of carbonyl (C=O) groups is 1. The Morgan fingerprint density at radius 1 is 1.46 bits per heavy atom. The fourth-order valence-corrected chi connectivity index (χ4v) is 5.99. The number of rotatable bonds is 7. The van der Waals surface area contributed by atoms with E-state index in [2.05, 4.69) is 11.1 Å². The molecular weight excluding hydrogens is 368 g/mol. The number of thiophene rings is 1. The Hall–Kier alpha value is -2.08. The molecule has 0 fully saturated rings. The average Bonchev–Trinajstić information content (AvgIpc) is 3.22. The van der Waals surface area contributed by atoms with Crippen molar-refractivity contribution in [1.29, 1.82) is 5.26 Å². The molecule has 3 rings (SSSR count). The van der Waals surface area contributed by atoms with Gasteiger partial charge in [-0.05, 0) is 36.7 Å². The van der Waals surface area contributed by atoms with Gasteiger partial charge in [-0.3, -0.25) is 4.79 Å². The van der Waals surface area contributed by atoms with Crippen LogP contribution in [-0.4, -0.2) is 22.6 Å². The Balaban J connectivity index is 1.90. The minimum atomic E-state index is -0.508. The lowest BCUT2D eigenvalue weighted by Crippen LogP contribution is -2.11. The molecule has 1 aliphatic heterocycles. The standard InChI is InChI=1S/C18H20N4O2S2/c19-5-1-3-10-7-14(25-13(10)4-2-6-23)15-8-11-16(26-15)12(18(21)24)9-22-17(11)20/h8-9,14,23H,1-4,6-7H2,(H2,20,22)(H2,21,24). The van der Waals surface area contributed by atoms with Crippen molar-refractivity contribution in [3.8, 4) is 6.07 Å². The molecule has 0 radical (unpaired) electrons. The first-order chi connectivity index (χ1) is 12.5. The Morgan fingerprint density at radius 2 is 2.27 bits per heavy atom. The molecule has 6 nitrogen and oxygen atoms in total. The molecular formula is C18H20N4O2S2. The van der Waals surface area contributed by atoms with Gasteiger partial charge in [0.25, 0.3) is 5.91 Å². The maximum absolute atomic E-state index is 11.7. The van der Waals surface area contributed by atoms with Gasteiger partial charge >= 0.3 is 0 Å². The summed E-state index contributed by atoms with van der Waals surface area (Å²) in [6.45, 7) is 0.160. The number of pyridine rings is 1. The summed E-state index contributed by atoms with van der Waals surface area (Å²) >= 11 is 3.32. The van der Waals surface area contributed by atoms with Crippen LogP contribution in [0.15, 0.2) is 22.7 Å². The fraction of sp³-hybridized carbons (Fsp3) is 0.389. The number of carbonyl (C=O) groups excluding carboxylic acids is 1. The van der Waals surface area contributed by atoms with E-state index in [4.69, 9.17) is 21.8 Å². The molecule has 5 N–H and O–H groups in total. The first-order valence-corrected chi connectivity index (χ1v) is 10.1. The quantitative estimate of drug-likeness (QED) is 0.666. The summed E-state index contributed by atoms with van der Waals surface area (Å²) in [5, 5.41) is 19.0. The van der Waals surface area contributed by atoms with Crippen LogP contribution >= 0.6 is 23.1 Å². The third-order valence-electron chi connectivity index (χ3n) is 4.40. The molecule has 1 aliphatic rings. The van der Waals surface area contributed by atoms with Crippen LogP contribution in [0.25, 0.3) is 10.1 Å². The summed E-state index contributed by atoms with van der Waals surface area (Å²) in [7, 11) is 0. The molecule has 0 aromatic carbocycles. The highest BCUT2D eigenvalue weighted by atomic mass is 32.2. The van der Waals surface area contributed by atoms with E-state index in [9.17, 15) is 4.79 Å². The highest BCUT2D eigenvalue weighted by molar-refractivity contribution is 8.03. The summed E-state index contributed by atoms with van der Waals surface area (Å²) < 4.78 is 0.781. The number of anilines is 1. The van der Waals surface area contributed by atoms with Gasteiger partial charge in [0.15, 0.2) is 0 Å². The third-order valence-corrected chi connectivity index (χ3v) is 7.31. The number of hydrogen-bond donors (Lipinski definition) is 3. The number of allylic oxidation sites excluding steroid dienone is 2. The van der Waals surface area contributed by atoms with Crippen molar-refractivity contribution in [2.75, 3.05) is 12.3 Å². The van der Waals surface area contributed by atoms with E-state index in [0.29, 0.717) is 17.8 Å². The molecule has 1 atom stereocenters. The number of nitrogen functional groups attached to an aromatic ring is 1. The van der Waals surface area contributed by atoms with Crippen molar-refractivity contribution >= 4 is 44.9 Å². The SMILES string of the molecule is N#CCCC1=C(CCCO)SC(c2cc3c(N)ncc(C(N)=O)c3s2)C1. The Morgan fingerprint density at radius 3 is 2.96 bits per heavy atom. The number of fused-ring (bicyclic) bond motifs is 1. The summed E-state index contributed by atoms with van der Waals surface area (Å²) in [5.41, 5.74) is 13.1. The van der Waals surface area contributed by atoms with Gasteiger partial charge in [-0.25, -0.2) is 4.98 Å². The van der Waals surface area contributed by atoms with Crippen LogP contribution in [0.5, 0.6) is 0 Å². The number of aromatic nitrogens is 1. The highest BCUT2D eigenvalue weighted by Crippen LogP contribution is 2.53. The predicted molar refractivity (Wildman–Crippen MR) is 106 cm³/mol. The van der Waals surface area contributed by atoms with Gasteiger partial charge < -0.3 is 16.6 Å². The number of hydrogen-bond acceptors (Lipinski definition) is 7.